The molecule has 5 rings (SSSR count). The Kier molecular flexibility index (Phi) is 8.33. The van der Waals surface area contributed by atoms with Gasteiger partial charge in [0.05, 0.1) is 34.5 Å². The minimum absolute atomic E-state index is 0.135. The third kappa shape index (κ3) is 5.75. The van der Waals surface area contributed by atoms with Crippen molar-refractivity contribution in [3.05, 3.63) is 96.9 Å². The second-order valence-corrected chi connectivity index (χ2v) is 11.2. The molecule has 0 unspecified atom stereocenters. The van der Waals surface area contributed by atoms with E-state index in [4.69, 9.17) is 28.2 Å². The number of anilines is 1. The molecular weight excluding hydrogens is 579 g/mol. The van der Waals surface area contributed by atoms with Crippen LogP contribution in [0.2, 0.25) is 10.0 Å². The van der Waals surface area contributed by atoms with Crippen molar-refractivity contribution < 1.29 is 9.59 Å². The molecule has 3 N–H and O–H groups in total. The number of carbonyl (C=O) groups excluding carboxylic acids is 2. The van der Waals surface area contributed by atoms with Crippen molar-refractivity contribution in [2.45, 2.75) is 52.2 Å². The van der Waals surface area contributed by atoms with E-state index in [0.717, 1.165) is 0 Å². The molecule has 0 saturated heterocycles. The Bertz CT molecular complexity index is 1720. The highest BCUT2D eigenvalue weighted by atomic mass is 35.5. The lowest BCUT2D eigenvalue weighted by atomic mass is 9.98. The molecule has 218 valence electrons. The number of hydrogen-bond acceptors (Lipinski definition) is 7. The second kappa shape index (κ2) is 11.9. The molecule has 2 amide bonds. The molecule has 2 aromatic carbocycles. The zero-order valence-corrected chi connectivity index (χ0v) is 25.0. The number of nitrogens with zero attached hydrogens (tertiary/aromatic N) is 5. The average molecular weight is 610 g/mol. The molecule has 0 saturated carbocycles. The maximum atomic E-state index is 14.0. The first-order valence-corrected chi connectivity index (χ1v) is 14.2. The van der Waals surface area contributed by atoms with E-state index in [0.29, 0.717) is 51.2 Å². The number of H-pyrrole nitrogens is 1. The molecule has 0 bridgehead atoms. The van der Waals surface area contributed by atoms with Crippen LogP contribution in [0, 0.1) is 0 Å². The summed E-state index contributed by atoms with van der Waals surface area (Å²) in [6.07, 6.45) is 0.310. The van der Waals surface area contributed by atoms with Gasteiger partial charge in [-0.25, -0.2) is 14.5 Å². The largest absolute Gasteiger partial charge is 0.355 e. The van der Waals surface area contributed by atoms with Crippen LogP contribution in [0.25, 0.3) is 5.69 Å². The molecule has 0 aliphatic carbocycles. The van der Waals surface area contributed by atoms with Gasteiger partial charge in [-0.3, -0.25) is 19.5 Å². The van der Waals surface area contributed by atoms with Gasteiger partial charge in [0.25, 0.3) is 17.4 Å². The van der Waals surface area contributed by atoms with E-state index >= 15 is 0 Å². The fourth-order valence-electron chi connectivity index (χ4n) is 4.80. The summed E-state index contributed by atoms with van der Waals surface area (Å²) in [7, 11) is 1.56. The third-order valence-electron chi connectivity index (χ3n) is 7.14. The van der Waals surface area contributed by atoms with Crippen molar-refractivity contribution in [3.8, 4) is 5.69 Å². The summed E-state index contributed by atoms with van der Waals surface area (Å²) in [5.41, 5.74) is 2.14. The maximum Gasteiger partial charge on any atom is 0.263 e. The predicted octanol–water partition coefficient (Wildman–Crippen LogP) is 4.34. The monoisotopic (exact) mass is 608 g/mol. The smallest absolute Gasteiger partial charge is 0.263 e. The highest BCUT2D eigenvalue weighted by Gasteiger charge is 2.32. The van der Waals surface area contributed by atoms with Crippen molar-refractivity contribution in [2.75, 3.05) is 12.4 Å². The van der Waals surface area contributed by atoms with E-state index in [9.17, 15) is 14.4 Å². The van der Waals surface area contributed by atoms with Gasteiger partial charge in [-0.05, 0) is 55.8 Å². The first-order chi connectivity index (χ1) is 20.1. The number of nitrogens with one attached hydrogen (secondary N) is 3. The van der Waals surface area contributed by atoms with Gasteiger partial charge in [0.2, 0.25) is 5.95 Å². The van der Waals surface area contributed by atoms with Crippen molar-refractivity contribution in [1.29, 1.82) is 0 Å². The lowest BCUT2D eigenvalue weighted by Crippen LogP contribution is -2.46. The summed E-state index contributed by atoms with van der Waals surface area (Å²) < 4.78 is 1.48. The van der Waals surface area contributed by atoms with Crippen LogP contribution in [0.5, 0.6) is 0 Å². The Balaban J connectivity index is 1.54. The third-order valence-corrected chi connectivity index (χ3v) is 7.87. The molecule has 4 aromatic rings. The highest BCUT2D eigenvalue weighted by molar-refractivity contribution is 6.42. The lowest BCUT2D eigenvalue weighted by molar-refractivity contribution is 0.0653. The SMILES string of the molecule is CNC(=O)c1ccc(-n2c(NCc3nc(C(C)C)n[nH]3)nc3c(c2=O)C[C@@H](C)N(C(=O)c2ccc(Cl)c(Cl)c2)C3)cc1. The topological polar surface area (TPSA) is 138 Å². The zero-order chi connectivity index (χ0) is 30.1. The number of amides is 2. The van der Waals surface area contributed by atoms with Crippen LogP contribution in [0.3, 0.4) is 0 Å². The van der Waals surface area contributed by atoms with Crippen molar-refractivity contribution in [1.82, 2.24) is 34.9 Å². The number of carbonyl (C=O) groups is 2. The molecule has 0 spiro atoms. The van der Waals surface area contributed by atoms with Crippen LogP contribution in [0.15, 0.2) is 47.3 Å². The van der Waals surface area contributed by atoms with Crippen LogP contribution in [-0.2, 0) is 19.5 Å². The van der Waals surface area contributed by atoms with Crippen LogP contribution < -0.4 is 16.2 Å². The van der Waals surface area contributed by atoms with Gasteiger partial charge in [-0.15, -0.1) is 0 Å². The van der Waals surface area contributed by atoms with Crippen molar-refractivity contribution in [3.63, 3.8) is 0 Å². The number of fused-ring (bicyclic) bond motifs is 1. The van der Waals surface area contributed by atoms with E-state index in [1.54, 1.807) is 48.3 Å². The van der Waals surface area contributed by atoms with Gasteiger partial charge in [-0.1, -0.05) is 37.0 Å². The average Bonchev–Trinajstić information content (AvgIpc) is 3.47. The van der Waals surface area contributed by atoms with Crippen LogP contribution >= 0.6 is 23.2 Å². The summed E-state index contributed by atoms with van der Waals surface area (Å²) >= 11 is 12.2. The van der Waals surface area contributed by atoms with Gasteiger partial charge >= 0.3 is 0 Å². The van der Waals surface area contributed by atoms with E-state index in [1.165, 1.54) is 10.6 Å². The number of hydrogen-bond donors (Lipinski definition) is 3. The quantitative estimate of drug-likeness (QED) is 0.284. The van der Waals surface area contributed by atoms with Crippen molar-refractivity contribution >= 4 is 41.0 Å². The summed E-state index contributed by atoms with van der Waals surface area (Å²) in [5, 5.41) is 13.6. The Hall–Kier alpha value is -4.22. The minimum Gasteiger partial charge on any atom is -0.355 e. The van der Waals surface area contributed by atoms with Crippen LogP contribution in [0.4, 0.5) is 5.95 Å². The molecule has 1 aliphatic heterocycles. The minimum atomic E-state index is -0.277. The number of benzene rings is 2. The van der Waals surface area contributed by atoms with Gasteiger partial charge in [0.1, 0.15) is 5.82 Å². The number of aromatic amines is 1. The molecule has 0 fully saturated rings. The molecule has 1 atom stereocenters. The Labute approximate surface area is 252 Å². The maximum absolute atomic E-state index is 14.0. The number of rotatable bonds is 7. The fourth-order valence-corrected chi connectivity index (χ4v) is 5.10. The summed E-state index contributed by atoms with van der Waals surface area (Å²) in [5.74, 6) is 1.21. The standard InChI is InChI=1S/C29H30Cl2N8O3/c1-15(2)25-35-24(36-37-25)13-33-29-34-23-14-38(27(41)18-7-10-21(30)22(31)12-18)16(3)11-20(23)28(42)39(29)19-8-5-17(6-9-19)26(40)32-4/h5-10,12,15-16H,11,13-14H2,1-4H3,(H,32,40)(H,33,34)(H,35,36,37)/t16-/m1/s1. The first-order valence-electron chi connectivity index (χ1n) is 13.5. The molecule has 11 nitrogen and oxygen atoms in total. The summed E-state index contributed by atoms with van der Waals surface area (Å²) in [6.45, 7) is 6.25. The first kappa shape index (κ1) is 29.3. The second-order valence-electron chi connectivity index (χ2n) is 10.4. The number of aromatic nitrogens is 5. The summed E-state index contributed by atoms with van der Waals surface area (Å²) in [6, 6.07) is 11.2. The molecule has 0 radical (unpaired) electrons. The molecule has 3 heterocycles. The fraction of sp³-hybridized carbons (Fsp3) is 0.310. The molecular formula is C29H30Cl2N8O3. The van der Waals surface area contributed by atoms with E-state index < -0.39 is 0 Å². The Morgan fingerprint density at radius 1 is 1.07 bits per heavy atom. The normalized spacial score (nSPS) is 14.5. The van der Waals surface area contributed by atoms with Gasteiger partial charge in [0, 0.05) is 35.7 Å². The zero-order valence-electron chi connectivity index (χ0n) is 23.5. The van der Waals surface area contributed by atoms with Crippen LogP contribution in [-0.4, -0.2) is 54.5 Å². The number of halogens is 2. The van der Waals surface area contributed by atoms with E-state index in [2.05, 4.69) is 25.8 Å². The van der Waals surface area contributed by atoms with Gasteiger partial charge in [0.15, 0.2) is 5.82 Å². The van der Waals surface area contributed by atoms with Crippen LogP contribution in [0.1, 0.15) is 70.3 Å². The van der Waals surface area contributed by atoms with Gasteiger partial charge in [-0.2, -0.15) is 5.10 Å². The summed E-state index contributed by atoms with van der Waals surface area (Å²) in [4.78, 5) is 50.6. The van der Waals surface area contributed by atoms with Crippen molar-refractivity contribution in [2.24, 2.45) is 0 Å². The molecule has 42 heavy (non-hydrogen) atoms. The van der Waals surface area contributed by atoms with Gasteiger partial charge < -0.3 is 15.5 Å². The molecule has 2 aromatic heterocycles. The molecule has 1 aliphatic rings. The lowest BCUT2D eigenvalue weighted by Gasteiger charge is -2.34. The Morgan fingerprint density at radius 3 is 2.43 bits per heavy atom. The Morgan fingerprint density at radius 2 is 1.79 bits per heavy atom. The van der Waals surface area contributed by atoms with E-state index in [-0.39, 0.29) is 53.4 Å². The van der Waals surface area contributed by atoms with E-state index in [1.807, 2.05) is 20.8 Å². The highest BCUT2D eigenvalue weighted by Crippen LogP contribution is 2.27. The molecule has 13 heteroatoms. The predicted molar refractivity (Wildman–Crippen MR) is 161 cm³/mol.